The molecule has 100 valence electrons. The fourth-order valence-corrected chi connectivity index (χ4v) is 1.98. The van der Waals surface area contributed by atoms with Gasteiger partial charge >= 0.3 is 0 Å². The molecule has 0 aliphatic heterocycles. The van der Waals surface area contributed by atoms with Gasteiger partial charge in [-0.1, -0.05) is 15.9 Å². The van der Waals surface area contributed by atoms with Crippen molar-refractivity contribution in [3.05, 3.63) is 52.0 Å². The number of carbonyl (C=O) groups is 1. The first-order valence-electron chi connectivity index (χ1n) is 5.54. The fourth-order valence-electron chi connectivity index (χ4n) is 1.62. The van der Waals surface area contributed by atoms with Gasteiger partial charge in [0.15, 0.2) is 0 Å². The summed E-state index contributed by atoms with van der Waals surface area (Å²) in [5, 5.41) is 30.4. The zero-order valence-electron chi connectivity index (χ0n) is 10.1. The van der Waals surface area contributed by atoms with Gasteiger partial charge in [-0.05, 0) is 30.3 Å². The highest BCUT2D eigenvalue weighted by Crippen LogP contribution is 2.25. The standard InChI is InChI=1S/C14H9BrN2O3/c15-9-1-4-12(8(5-9)7-16)17-14(20)11-3-2-10(18)6-13(11)19/h1-6,18-19H,(H,17,20). The van der Waals surface area contributed by atoms with E-state index < -0.39 is 5.91 Å². The van der Waals surface area contributed by atoms with Crippen LogP contribution in [-0.4, -0.2) is 16.1 Å². The molecule has 0 saturated heterocycles. The van der Waals surface area contributed by atoms with Crippen LogP contribution >= 0.6 is 15.9 Å². The Labute approximate surface area is 123 Å². The maximum atomic E-state index is 12.0. The van der Waals surface area contributed by atoms with Crippen molar-refractivity contribution in [1.82, 2.24) is 0 Å². The van der Waals surface area contributed by atoms with E-state index >= 15 is 0 Å². The molecule has 5 nitrogen and oxygen atoms in total. The number of phenolic OH excluding ortho intramolecular Hbond substituents is 2. The second-order valence-electron chi connectivity index (χ2n) is 3.96. The average Bonchev–Trinajstić information content (AvgIpc) is 2.40. The third-order valence-electron chi connectivity index (χ3n) is 2.58. The Balaban J connectivity index is 2.31. The number of nitriles is 1. The van der Waals surface area contributed by atoms with E-state index in [9.17, 15) is 15.0 Å². The monoisotopic (exact) mass is 332 g/mol. The highest BCUT2D eigenvalue weighted by molar-refractivity contribution is 9.10. The zero-order chi connectivity index (χ0) is 14.7. The molecule has 2 aromatic carbocycles. The summed E-state index contributed by atoms with van der Waals surface area (Å²) in [5.74, 6) is -1.04. The minimum atomic E-state index is -0.568. The highest BCUT2D eigenvalue weighted by Gasteiger charge is 2.13. The van der Waals surface area contributed by atoms with Crippen LogP contribution < -0.4 is 5.32 Å². The summed E-state index contributed by atoms with van der Waals surface area (Å²) >= 11 is 3.24. The lowest BCUT2D eigenvalue weighted by Gasteiger charge is -2.08. The molecule has 0 aromatic heterocycles. The van der Waals surface area contributed by atoms with E-state index in [1.54, 1.807) is 18.2 Å². The van der Waals surface area contributed by atoms with Crippen LogP contribution in [0.2, 0.25) is 0 Å². The van der Waals surface area contributed by atoms with Crippen molar-refractivity contribution in [2.45, 2.75) is 0 Å². The van der Waals surface area contributed by atoms with E-state index in [2.05, 4.69) is 21.2 Å². The second-order valence-corrected chi connectivity index (χ2v) is 4.87. The number of rotatable bonds is 2. The van der Waals surface area contributed by atoms with Crippen molar-refractivity contribution < 1.29 is 15.0 Å². The quantitative estimate of drug-likeness (QED) is 0.788. The summed E-state index contributed by atoms with van der Waals surface area (Å²) in [4.78, 5) is 12.0. The second kappa shape index (κ2) is 5.63. The Bertz CT molecular complexity index is 723. The molecule has 20 heavy (non-hydrogen) atoms. The van der Waals surface area contributed by atoms with Gasteiger partial charge in [-0.3, -0.25) is 4.79 Å². The number of amides is 1. The van der Waals surface area contributed by atoms with Gasteiger partial charge in [0.05, 0.1) is 16.8 Å². The lowest BCUT2D eigenvalue weighted by atomic mass is 10.1. The summed E-state index contributed by atoms with van der Waals surface area (Å²) in [6, 6.07) is 10.5. The van der Waals surface area contributed by atoms with E-state index in [0.29, 0.717) is 11.3 Å². The number of benzene rings is 2. The minimum absolute atomic E-state index is 0.00890. The van der Waals surface area contributed by atoms with Gasteiger partial charge in [0.1, 0.15) is 17.6 Å². The first kappa shape index (κ1) is 13.9. The molecule has 0 unspecified atom stereocenters. The van der Waals surface area contributed by atoms with Crippen LogP contribution in [0.4, 0.5) is 5.69 Å². The molecule has 0 radical (unpaired) electrons. The molecule has 0 heterocycles. The third-order valence-corrected chi connectivity index (χ3v) is 3.07. The maximum absolute atomic E-state index is 12.0. The number of nitrogens with one attached hydrogen (secondary N) is 1. The SMILES string of the molecule is N#Cc1cc(Br)ccc1NC(=O)c1ccc(O)cc1O. The number of phenols is 2. The molecule has 0 aliphatic carbocycles. The van der Waals surface area contributed by atoms with Crippen molar-refractivity contribution >= 4 is 27.5 Å². The number of carbonyl (C=O) groups excluding carboxylic acids is 1. The van der Waals surface area contributed by atoms with Crippen LogP contribution in [0, 0.1) is 11.3 Å². The van der Waals surface area contributed by atoms with Crippen molar-refractivity contribution in [2.75, 3.05) is 5.32 Å². The molecule has 6 heteroatoms. The van der Waals surface area contributed by atoms with E-state index in [0.717, 1.165) is 10.5 Å². The van der Waals surface area contributed by atoms with Crippen LogP contribution in [-0.2, 0) is 0 Å². The van der Waals surface area contributed by atoms with Crippen LogP contribution in [0.5, 0.6) is 11.5 Å². The average molecular weight is 333 g/mol. The number of nitrogens with zero attached hydrogens (tertiary/aromatic N) is 1. The predicted molar refractivity (Wildman–Crippen MR) is 76.6 cm³/mol. The van der Waals surface area contributed by atoms with Gasteiger partial charge in [0.2, 0.25) is 0 Å². The Morgan fingerprint density at radius 3 is 2.60 bits per heavy atom. The van der Waals surface area contributed by atoms with Crippen LogP contribution in [0.1, 0.15) is 15.9 Å². The molecule has 1 amide bonds. The minimum Gasteiger partial charge on any atom is -0.508 e. The number of halogens is 1. The van der Waals surface area contributed by atoms with Crippen molar-refractivity contribution in [1.29, 1.82) is 5.26 Å². The Hall–Kier alpha value is -2.52. The maximum Gasteiger partial charge on any atom is 0.259 e. The molecule has 0 bridgehead atoms. The number of hydrogen-bond donors (Lipinski definition) is 3. The molecule has 0 spiro atoms. The van der Waals surface area contributed by atoms with Gasteiger partial charge in [0, 0.05) is 10.5 Å². The highest BCUT2D eigenvalue weighted by atomic mass is 79.9. The third kappa shape index (κ3) is 2.90. The summed E-state index contributed by atoms with van der Waals surface area (Å²) in [6.07, 6.45) is 0. The van der Waals surface area contributed by atoms with Gasteiger partial charge < -0.3 is 15.5 Å². The molecule has 2 aromatic rings. The predicted octanol–water partition coefficient (Wildman–Crippen LogP) is 2.98. The topological polar surface area (TPSA) is 93.4 Å². The Morgan fingerprint density at radius 2 is 1.95 bits per heavy atom. The summed E-state index contributed by atoms with van der Waals surface area (Å²) in [5.41, 5.74) is 0.647. The molecule has 0 aliphatic rings. The van der Waals surface area contributed by atoms with E-state index in [4.69, 9.17) is 5.26 Å². The molecule has 3 N–H and O–H groups in total. The molecular weight excluding hydrogens is 324 g/mol. The van der Waals surface area contributed by atoms with Crippen LogP contribution in [0.3, 0.4) is 0 Å². The van der Waals surface area contributed by atoms with E-state index in [-0.39, 0.29) is 17.1 Å². The largest absolute Gasteiger partial charge is 0.508 e. The fraction of sp³-hybridized carbons (Fsp3) is 0. The summed E-state index contributed by atoms with van der Waals surface area (Å²) in [6.45, 7) is 0. The molecule has 0 atom stereocenters. The number of anilines is 1. The lowest BCUT2D eigenvalue weighted by molar-refractivity contribution is 0.102. The first-order valence-corrected chi connectivity index (χ1v) is 6.33. The van der Waals surface area contributed by atoms with Crippen LogP contribution in [0.25, 0.3) is 0 Å². The summed E-state index contributed by atoms with van der Waals surface area (Å²) < 4.78 is 0.722. The molecular formula is C14H9BrN2O3. The Kier molecular flexibility index (Phi) is 3.91. The Morgan fingerprint density at radius 1 is 1.20 bits per heavy atom. The lowest BCUT2D eigenvalue weighted by Crippen LogP contribution is -2.13. The van der Waals surface area contributed by atoms with E-state index in [1.807, 2.05) is 6.07 Å². The van der Waals surface area contributed by atoms with Gasteiger partial charge in [0.25, 0.3) is 5.91 Å². The van der Waals surface area contributed by atoms with Crippen molar-refractivity contribution in [3.8, 4) is 17.6 Å². The van der Waals surface area contributed by atoms with Crippen molar-refractivity contribution in [2.24, 2.45) is 0 Å². The molecule has 2 rings (SSSR count). The van der Waals surface area contributed by atoms with Gasteiger partial charge in [-0.2, -0.15) is 5.26 Å². The number of aromatic hydroxyl groups is 2. The van der Waals surface area contributed by atoms with Gasteiger partial charge in [-0.25, -0.2) is 0 Å². The molecule has 0 saturated carbocycles. The van der Waals surface area contributed by atoms with Crippen LogP contribution in [0.15, 0.2) is 40.9 Å². The smallest absolute Gasteiger partial charge is 0.259 e. The van der Waals surface area contributed by atoms with E-state index in [1.165, 1.54) is 12.1 Å². The zero-order valence-corrected chi connectivity index (χ0v) is 11.7. The summed E-state index contributed by atoms with van der Waals surface area (Å²) in [7, 11) is 0. The van der Waals surface area contributed by atoms with Crippen molar-refractivity contribution in [3.63, 3.8) is 0 Å². The molecule has 0 fully saturated rings. The van der Waals surface area contributed by atoms with Gasteiger partial charge in [-0.15, -0.1) is 0 Å². The first-order chi connectivity index (χ1) is 9.51. The number of hydrogen-bond acceptors (Lipinski definition) is 4. The normalized spacial score (nSPS) is 9.80.